The second-order valence-corrected chi connectivity index (χ2v) is 11.7. The number of nitrogens with zero attached hydrogens (tertiary/aromatic N) is 1. The minimum Gasteiger partial charge on any atom is -0.455 e. The van der Waals surface area contributed by atoms with Crippen LogP contribution in [0.1, 0.15) is 115 Å². The number of esters is 1. The maximum absolute atomic E-state index is 12.6. The molecule has 0 aliphatic rings. The predicted molar refractivity (Wildman–Crippen MR) is 164 cm³/mol. The fourth-order valence-electron chi connectivity index (χ4n) is 5.15. The zero-order valence-corrected chi connectivity index (χ0v) is 25.5. The molecule has 0 N–H and O–H groups in total. The van der Waals surface area contributed by atoms with E-state index in [2.05, 4.69) is 57.4 Å². The second kappa shape index (κ2) is 19.7. The van der Waals surface area contributed by atoms with Crippen molar-refractivity contribution in [2.24, 2.45) is 0 Å². The summed E-state index contributed by atoms with van der Waals surface area (Å²) < 4.78 is 12.8. The standard InChI is InChI=1S/C35H56NO3/c1-5-7-8-9-10-11-12-13-14-15-19-25-32-26-20-21-27-33(32)38-35(6-2)39-34(37)28-22-29-36(3,4)30-31-23-17-16-18-24-31/h16-18,20-21,23-24,26-27,35H,5-15,19,22,25,28-30H2,1-4H3/q+1. The van der Waals surface area contributed by atoms with Crippen LogP contribution in [0.2, 0.25) is 0 Å². The van der Waals surface area contributed by atoms with Gasteiger partial charge in [0.25, 0.3) is 0 Å². The Labute approximate surface area is 239 Å². The van der Waals surface area contributed by atoms with Crippen LogP contribution in [-0.4, -0.2) is 37.4 Å². The van der Waals surface area contributed by atoms with Crippen LogP contribution in [-0.2, 0) is 22.5 Å². The van der Waals surface area contributed by atoms with Crippen molar-refractivity contribution in [1.29, 1.82) is 0 Å². The van der Waals surface area contributed by atoms with E-state index >= 15 is 0 Å². The molecule has 1 atom stereocenters. The minimum atomic E-state index is -0.539. The number of ether oxygens (including phenoxy) is 2. The van der Waals surface area contributed by atoms with Gasteiger partial charge in [-0.05, 0) is 24.5 Å². The molecular weight excluding hydrogens is 482 g/mol. The molecule has 0 aliphatic heterocycles. The van der Waals surface area contributed by atoms with E-state index in [9.17, 15) is 4.79 Å². The first-order chi connectivity index (χ1) is 18.9. The van der Waals surface area contributed by atoms with Crippen molar-refractivity contribution in [3.63, 3.8) is 0 Å². The van der Waals surface area contributed by atoms with E-state index in [0.717, 1.165) is 36.2 Å². The van der Waals surface area contributed by atoms with Gasteiger partial charge in [-0.3, -0.25) is 4.79 Å². The fraction of sp³-hybridized carbons (Fsp3) is 0.629. The van der Waals surface area contributed by atoms with Gasteiger partial charge in [0.05, 0.1) is 27.1 Å². The van der Waals surface area contributed by atoms with Crippen molar-refractivity contribution < 1.29 is 18.8 Å². The molecule has 4 heteroatoms. The van der Waals surface area contributed by atoms with E-state index in [1.54, 1.807) is 0 Å². The predicted octanol–water partition coefficient (Wildman–Crippen LogP) is 9.26. The van der Waals surface area contributed by atoms with E-state index in [4.69, 9.17) is 9.47 Å². The van der Waals surface area contributed by atoms with Crippen LogP contribution >= 0.6 is 0 Å². The number of hydrogen-bond donors (Lipinski definition) is 0. The van der Waals surface area contributed by atoms with E-state index in [1.807, 2.05) is 25.1 Å². The average molecular weight is 539 g/mol. The SMILES string of the molecule is CCCCCCCCCCCCCc1ccccc1OC(CC)OC(=O)CCC[N+](C)(C)Cc1ccccc1. The van der Waals surface area contributed by atoms with Gasteiger partial charge in [-0.15, -0.1) is 0 Å². The fourth-order valence-corrected chi connectivity index (χ4v) is 5.15. The van der Waals surface area contributed by atoms with Gasteiger partial charge >= 0.3 is 5.97 Å². The summed E-state index contributed by atoms with van der Waals surface area (Å²) in [6.07, 6.45) is 17.1. The van der Waals surface area contributed by atoms with Gasteiger partial charge in [0.2, 0.25) is 6.29 Å². The monoisotopic (exact) mass is 538 g/mol. The van der Waals surface area contributed by atoms with Crippen LogP contribution in [0, 0.1) is 0 Å². The Morgan fingerprint density at radius 2 is 1.33 bits per heavy atom. The van der Waals surface area contributed by atoms with Crippen LogP contribution in [0.3, 0.4) is 0 Å². The molecule has 2 aromatic rings. The molecular formula is C35H56NO3+. The number of aryl methyl sites for hydroxylation is 1. The summed E-state index contributed by atoms with van der Waals surface area (Å²) in [6.45, 7) is 6.15. The van der Waals surface area contributed by atoms with Crippen LogP contribution in [0.15, 0.2) is 54.6 Å². The molecule has 2 rings (SSSR count). The number of carbonyl (C=O) groups is 1. The van der Waals surface area contributed by atoms with Crippen molar-refractivity contribution in [2.45, 2.75) is 123 Å². The smallest absolute Gasteiger partial charge is 0.309 e. The quantitative estimate of drug-likeness (QED) is 0.0648. The number of para-hydroxylation sites is 1. The first kappa shape index (κ1) is 32.9. The lowest BCUT2D eigenvalue weighted by molar-refractivity contribution is -0.903. The van der Waals surface area contributed by atoms with Gasteiger partial charge in [0.1, 0.15) is 12.3 Å². The number of benzene rings is 2. The molecule has 1 unspecified atom stereocenters. The molecule has 4 nitrogen and oxygen atoms in total. The van der Waals surface area contributed by atoms with E-state index in [0.29, 0.717) is 12.8 Å². The Bertz CT molecular complexity index is 896. The Morgan fingerprint density at radius 3 is 1.97 bits per heavy atom. The molecule has 39 heavy (non-hydrogen) atoms. The van der Waals surface area contributed by atoms with Crippen LogP contribution in [0.25, 0.3) is 0 Å². The Balaban J connectivity index is 1.66. The van der Waals surface area contributed by atoms with Gasteiger partial charge in [-0.1, -0.05) is 127 Å². The van der Waals surface area contributed by atoms with Crippen molar-refractivity contribution in [2.75, 3.05) is 20.6 Å². The van der Waals surface area contributed by atoms with E-state index < -0.39 is 6.29 Å². The highest BCUT2D eigenvalue weighted by molar-refractivity contribution is 5.69. The summed E-state index contributed by atoms with van der Waals surface area (Å²) in [5.41, 5.74) is 2.53. The number of unbranched alkanes of at least 4 members (excludes halogenated alkanes) is 10. The minimum absolute atomic E-state index is 0.176. The summed E-state index contributed by atoms with van der Waals surface area (Å²) in [6, 6.07) is 18.7. The highest BCUT2D eigenvalue weighted by Crippen LogP contribution is 2.23. The second-order valence-electron chi connectivity index (χ2n) is 11.7. The van der Waals surface area contributed by atoms with Crippen LogP contribution < -0.4 is 4.74 Å². The molecule has 0 aromatic heterocycles. The molecule has 2 aromatic carbocycles. The van der Waals surface area contributed by atoms with Gasteiger partial charge < -0.3 is 14.0 Å². The molecule has 0 saturated heterocycles. The van der Waals surface area contributed by atoms with Crippen molar-refractivity contribution in [3.8, 4) is 5.75 Å². The zero-order chi connectivity index (χ0) is 28.2. The lowest BCUT2D eigenvalue weighted by Crippen LogP contribution is -2.39. The summed E-state index contributed by atoms with van der Waals surface area (Å²) in [4.78, 5) is 12.6. The first-order valence-electron chi connectivity index (χ1n) is 15.7. The number of rotatable bonds is 22. The Kier molecular flexibility index (Phi) is 16.6. The molecule has 0 saturated carbocycles. The van der Waals surface area contributed by atoms with Gasteiger partial charge in [0, 0.05) is 18.4 Å². The third-order valence-electron chi connectivity index (χ3n) is 7.47. The Morgan fingerprint density at radius 1 is 0.744 bits per heavy atom. The Hall–Kier alpha value is -2.33. The van der Waals surface area contributed by atoms with E-state index in [1.165, 1.54) is 81.8 Å². The number of hydrogen-bond acceptors (Lipinski definition) is 3. The molecule has 218 valence electrons. The lowest BCUT2D eigenvalue weighted by Gasteiger charge is -2.30. The molecule has 0 radical (unpaired) electrons. The van der Waals surface area contributed by atoms with Gasteiger partial charge in [0.15, 0.2) is 0 Å². The largest absolute Gasteiger partial charge is 0.455 e. The summed E-state index contributed by atoms with van der Waals surface area (Å²) in [7, 11) is 4.42. The molecule has 0 amide bonds. The topological polar surface area (TPSA) is 35.5 Å². The third kappa shape index (κ3) is 15.1. The first-order valence-corrected chi connectivity index (χ1v) is 15.7. The molecule has 0 spiro atoms. The lowest BCUT2D eigenvalue weighted by atomic mass is 10.0. The summed E-state index contributed by atoms with van der Waals surface area (Å²) in [5.74, 6) is 0.675. The highest BCUT2D eigenvalue weighted by atomic mass is 16.7. The van der Waals surface area contributed by atoms with Gasteiger partial charge in [-0.25, -0.2) is 0 Å². The third-order valence-corrected chi connectivity index (χ3v) is 7.47. The van der Waals surface area contributed by atoms with Crippen molar-refractivity contribution in [1.82, 2.24) is 0 Å². The summed E-state index contributed by atoms with van der Waals surface area (Å²) in [5, 5.41) is 0. The average Bonchev–Trinajstić information content (AvgIpc) is 2.92. The van der Waals surface area contributed by atoms with Gasteiger partial charge in [-0.2, -0.15) is 0 Å². The molecule has 0 bridgehead atoms. The maximum atomic E-state index is 12.6. The number of quaternary nitrogens is 1. The van der Waals surface area contributed by atoms with Crippen molar-refractivity contribution in [3.05, 3.63) is 65.7 Å². The maximum Gasteiger partial charge on any atom is 0.309 e. The molecule has 0 fully saturated rings. The highest BCUT2D eigenvalue weighted by Gasteiger charge is 2.19. The van der Waals surface area contributed by atoms with E-state index in [-0.39, 0.29) is 5.97 Å². The van der Waals surface area contributed by atoms with Crippen LogP contribution in [0.5, 0.6) is 5.75 Å². The van der Waals surface area contributed by atoms with Crippen molar-refractivity contribution >= 4 is 5.97 Å². The normalized spacial score (nSPS) is 12.3. The number of carbonyl (C=O) groups excluding carboxylic acids is 1. The molecule has 0 heterocycles. The van der Waals surface area contributed by atoms with Crippen LogP contribution in [0.4, 0.5) is 0 Å². The molecule has 0 aliphatic carbocycles. The zero-order valence-electron chi connectivity index (χ0n) is 25.5. The summed E-state index contributed by atoms with van der Waals surface area (Å²) >= 11 is 0.